The van der Waals surface area contributed by atoms with Crippen LogP contribution in [0.5, 0.6) is 11.5 Å². The number of aliphatic hydroxyl groups is 1. The highest BCUT2D eigenvalue weighted by atomic mass is 16.5. The maximum atomic E-state index is 9.07. The molecular formula is C20H33N3O3. The number of piperazine rings is 1. The first-order valence-corrected chi connectivity index (χ1v) is 9.74. The van der Waals surface area contributed by atoms with E-state index < -0.39 is 0 Å². The highest BCUT2D eigenvalue weighted by Crippen LogP contribution is 2.28. The van der Waals surface area contributed by atoms with Crippen LogP contribution >= 0.6 is 0 Å². The molecule has 0 radical (unpaired) electrons. The van der Waals surface area contributed by atoms with Crippen molar-refractivity contribution in [3.05, 3.63) is 23.8 Å². The molecule has 0 spiro atoms. The fourth-order valence-corrected chi connectivity index (χ4v) is 4.17. The first-order valence-electron chi connectivity index (χ1n) is 9.74. The van der Waals surface area contributed by atoms with Gasteiger partial charge in [0.2, 0.25) is 0 Å². The second-order valence-electron chi connectivity index (χ2n) is 7.30. The zero-order valence-electron chi connectivity index (χ0n) is 16.2. The lowest BCUT2D eigenvalue weighted by molar-refractivity contribution is 0.0516. The van der Waals surface area contributed by atoms with Crippen molar-refractivity contribution in [2.45, 2.75) is 25.4 Å². The van der Waals surface area contributed by atoms with Gasteiger partial charge in [-0.05, 0) is 43.6 Å². The lowest BCUT2D eigenvalue weighted by Crippen LogP contribution is -2.53. The van der Waals surface area contributed by atoms with Crippen LogP contribution in [0.15, 0.2) is 18.2 Å². The minimum atomic E-state index is 0.272. The standard InChI is InChI=1S/C20H33N3O3/c1-25-19-4-3-17(15-20(19)26-2)16-22-7-5-18(6-8-22)23-11-9-21(10-12-23)13-14-24/h3-4,15,18,24H,5-14,16H2,1-2H3. The number of likely N-dealkylation sites (tertiary alicyclic amines) is 1. The molecule has 26 heavy (non-hydrogen) atoms. The van der Waals surface area contributed by atoms with E-state index in [1.54, 1.807) is 14.2 Å². The van der Waals surface area contributed by atoms with Crippen molar-refractivity contribution in [2.24, 2.45) is 0 Å². The Balaban J connectivity index is 1.45. The number of piperidine rings is 1. The first-order chi connectivity index (χ1) is 12.7. The second kappa shape index (κ2) is 9.55. The maximum Gasteiger partial charge on any atom is 0.161 e. The van der Waals surface area contributed by atoms with E-state index in [-0.39, 0.29) is 6.61 Å². The molecule has 1 aromatic rings. The van der Waals surface area contributed by atoms with Crippen LogP contribution in [-0.4, -0.2) is 92.5 Å². The van der Waals surface area contributed by atoms with Gasteiger partial charge in [-0.15, -0.1) is 0 Å². The van der Waals surface area contributed by atoms with Crippen molar-refractivity contribution in [3.63, 3.8) is 0 Å². The minimum absolute atomic E-state index is 0.272. The largest absolute Gasteiger partial charge is 0.493 e. The smallest absolute Gasteiger partial charge is 0.161 e. The molecule has 2 fully saturated rings. The first kappa shape index (κ1) is 19.4. The summed E-state index contributed by atoms with van der Waals surface area (Å²) in [4.78, 5) is 7.56. The van der Waals surface area contributed by atoms with Crippen LogP contribution in [-0.2, 0) is 6.54 Å². The summed E-state index contributed by atoms with van der Waals surface area (Å²) in [5.74, 6) is 1.59. The summed E-state index contributed by atoms with van der Waals surface area (Å²) in [6.45, 7) is 8.81. The van der Waals surface area contributed by atoms with Crippen molar-refractivity contribution in [1.82, 2.24) is 14.7 Å². The molecule has 6 nitrogen and oxygen atoms in total. The van der Waals surface area contributed by atoms with Crippen LogP contribution < -0.4 is 9.47 Å². The van der Waals surface area contributed by atoms with Crippen molar-refractivity contribution < 1.29 is 14.6 Å². The fraction of sp³-hybridized carbons (Fsp3) is 0.700. The molecule has 1 aromatic carbocycles. The number of nitrogens with zero attached hydrogens (tertiary/aromatic N) is 3. The van der Waals surface area contributed by atoms with Gasteiger partial charge in [-0.25, -0.2) is 0 Å². The molecule has 0 atom stereocenters. The topological polar surface area (TPSA) is 48.4 Å². The molecule has 2 aliphatic heterocycles. The lowest BCUT2D eigenvalue weighted by Gasteiger charge is -2.42. The molecule has 0 bridgehead atoms. The summed E-state index contributed by atoms with van der Waals surface area (Å²) in [6.07, 6.45) is 2.49. The molecular weight excluding hydrogens is 330 g/mol. The fourth-order valence-electron chi connectivity index (χ4n) is 4.17. The van der Waals surface area contributed by atoms with Crippen LogP contribution in [0, 0.1) is 0 Å². The second-order valence-corrected chi connectivity index (χ2v) is 7.30. The van der Waals surface area contributed by atoms with Crippen LogP contribution in [0.1, 0.15) is 18.4 Å². The van der Waals surface area contributed by atoms with Crippen molar-refractivity contribution in [1.29, 1.82) is 0 Å². The molecule has 3 rings (SSSR count). The number of ether oxygens (including phenoxy) is 2. The highest BCUT2D eigenvalue weighted by molar-refractivity contribution is 5.42. The summed E-state index contributed by atoms with van der Waals surface area (Å²) in [6, 6.07) is 6.93. The van der Waals surface area contributed by atoms with Crippen LogP contribution in [0.4, 0.5) is 0 Å². The summed E-state index contributed by atoms with van der Waals surface area (Å²) >= 11 is 0. The van der Waals surface area contributed by atoms with Gasteiger partial charge in [-0.3, -0.25) is 14.7 Å². The molecule has 146 valence electrons. The maximum absolute atomic E-state index is 9.07. The molecule has 1 N–H and O–H groups in total. The quantitative estimate of drug-likeness (QED) is 0.788. The summed E-state index contributed by atoms with van der Waals surface area (Å²) in [5.41, 5.74) is 1.28. The van der Waals surface area contributed by atoms with Crippen molar-refractivity contribution in [2.75, 3.05) is 66.6 Å². The Kier molecular flexibility index (Phi) is 7.14. The molecule has 6 heteroatoms. The zero-order chi connectivity index (χ0) is 18.4. The molecule has 2 saturated heterocycles. The number of aliphatic hydroxyl groups excluding tert-OH is 1. The number of hydrogen-bond donors (Lipinski definition) is 1. The van der Waals surface area contributed by atoms with E-state index in [9.17, 15) is 0 Å². The van der Waals surface area contributed by atoms with Crippen LogP contribution in [0.25, 0.3) is 0 Å². The van der Waals surface area contributed by atoms with E-state index >= 15 is 0 Å². The lowest BCUT2D eigenvalue weighted by atomic mass is 10.0. The Labute approximate surface area is 157 Å². The third kappa shape index (κ3) is 4.88. The zero-order valence-corrected chi connectivity index (χ0v) is 16.2. The van der Waals surface area contributed by atoms with Crippen LogP contribution in [0.2, 0.25) is 0 Å². The Bertz CT molecular complexity index is 553. The minimum Gasteiger partial charge on any atom is -0.493 e. The predicted octanol–water partition coefficient (Wildman–Crippen LogP) is 1.28. The molecule has 2 heterocycles. The average Bonchev–Trinajstić information content (AvgIpc) is 2.69. The molecule has 2 aliphatic rings. The number of hydrogen-bond acceptors (Lipinski definition) is 6. The summed E-state index contributed by atoms with van der Waals surface area (Å²) in [7, 11) is 3.36. The van der Waals surface area contributed by atoms with Gasteiger partial charge in [0, 0.05) is 45.3 Å². The molecule has 0 saturated carbocycles. The van der Waals surface area contributed by atoms with E-state index in [0.717, 1.165) is 63.9 Å². The van der Waals surface area contributed by atoms with Gasteiger partial charge in [0.15, 0.2) is 11.5 Å². The number of methoxy groups -OCH3 is 2. The SMILES string of the molecule is COc1ccc(CN2CCC(N3CCN(CCO)CC3)CC2)cc1OC. The van der Waals surface area contributed by atoms with Crippen molar-refractivity contribution in [3.8, 4) is 11.5 Å². The predicted molar refractivity (Wildman–Crippen MR) is 103 cm³/mol. The summed E-state index contributed by atoms with van der Waals surface area (Å²) in [5, 5.41) is 9.07. The van der Waals surface area contributed by atoms with Crippen LogP contribution in [0.3, 0.4) is 0 Å². The van der Waals surface area contributed by atoms with Gasteiger partial charge in [-0.2, -0.15) is 0 Å². The third-order valence-corrected chi connectivity index (χ3v) is 5.75. The Morgan fingerprint density at radius 3 is 2.23 bits per heavy atom. The molecule has 0 aromatic heterocycles. The van der Waals surface area contributed by atoms with Gasteiger partial charge in [-0.1, -0.05) is 6.07 Å². The van der Waals surface area contributed by atoms with Gasteiger partial charge in [0.1, 0.15) is 0 Å². The summed E-state index contributed by atoms with van der Waals surface area (Å²) < 4.78 is 10.7. The normalized spacial score (nSPS) is 21.0. The number of rotatable bonds is 7. The van der Waals surface area contributed by atoms with E-state index in [0.29, 0.717) is 6.04 Å². The average molecular weight is 364 g/mol. The Hall–Kier alpha value is -1.34. The Morgan fingerprint density at radius 2 is 1.62 bits per heavy atom. The third-order valence-electron chi connectivity index (χ3n) is 5.75. The molecule has 0 amide bonds. The number of β-amino-alcohol motifs (C(OH)–C–C–N with tert-alkyl or cyclic N) is 1. The molecule has 0 unspecified atom stereocenters. The van der Waals surface area contributed by atoms with E-state index in [1.807, 2.05) is 6.07 Å². The van der Waals surface area contributed by atoms with Gasteiger partial charge in [0.25, 0.3) is 0 Å². The molecule has 0 aliphatic carbocycles. The monoisotopic (exact) mass is 363 g/mol. The van der Waals surface area contributed by atoms with E-state index in [4.69, 9.17) is 14.6 Å². The van der Waals surface area contributed by atoms with Crippen molar-refractivity contribution >= 4 is 0 Å². The van der Waals surface area contributed by atoms with Gasteiger partial charge in [0.05, 0.1) is 20.8 Å². The van der Waals surface area contributed by atoms with E-state index in [2.05, 4.69) is 26.8 Å². The van der Waals surface area contributed by atoms with Gasteiger partial charge < -0.3 is 14.6 Å². The number of benzene rings is 1. The Morgan fingerprint density at radius 1 is 0.923 bits per heavy atom. The highest BCUT2D eigenvalue weighted by Gasteiger charge is 2.27. The van der Waals surface area contributed by atoms with Gasteiger partial charge >= 0.3 is 0 Å². The van der Waals surface area contributed by atoms with E-state index in [1.165, 1.54) is 18.4 Å².